The molecule has 2 aromatic heterocycles. The Kier molecular flexibility index (Phi) is 6.68. The van der Waals surface area contributed by atoms with Crippen molar-refractivity contribution in [2.45, 2.75) is 19.5 Å². The normalized spacial score (nSPS) is 11.2. The molecule has 0 aliphatic heterocycles. The summed E-state index contributed by atoms with van der Waals surface area (Å²) >= 11 is 0. The van der Waals surface area contributed by atoms with Crippen LogP contribution >= 0.6 is 0 Å². The Morgan fingerprint density at radius 3 is 2.65 bits per heavy atom. The van der Waals surface area contributed by atoms with Crippen LogP contribution in [0.5, 0.6) is 5.88 Å². The van der Waals surface area contributed by atoms with Crippen LogP contribution in [0.2, 0.25) is 0 Å². The molecule has 0 bridgehead atoms. The number of halogens is 3. The molecule has 1 aromatic carbocycles. The fraction of sp³-hybridized carbons (Fsp3) is 0.238. The average Bonchev–Trinajstić information content (AvgIpc) is 2.75. The first-order valence-electron chi connectivity index (χ1n) is 9.42. The van der Waals surface area contributed by atoms with Crippen molar-refractivity contribution in [3.05, 3.63) is 59.8 Å². The number of alkyl halides is 3. The van der Waals surface area contributed by atoms with Gasteiger partial charge in [0.1, 0.15) is 12.4 Å². The van der Waals surface area contributed by atoms with E-state index in [2.05, 4.69) is 20.6 Å². The lowest BCUT2D eigenvalue weighted by molar-refractivity contribution is -0.136. The van der Waals surface area contributed by atoms with Crippen LogP contribution in [-0.4, -0.2) is 34.9 Å². The number of fused-ring (bicyclic) bond motifs is 1. The second-order valence-electron chi connectivity index (χ2n) is 6.46. The molecule has 0 fully saturated rings. The maximum Gasteiger partial charge on any atom is 0.417 e. The van der Waals surface area contributed by atoms with Crippen molar-refractivity contribution < 1.29 is 27.5 Å². The summed E-state index contributed by atoms with van der Waals surface area (Å²) in [5.41, 5.74) is -0.407. The molecule has 0 spiro atoms. The lowest BCUT2D eigenvalue weighted by atomic mass is 10.1. The Hall–Kier alpha value is -3.69. The number of ether oxygens (including phenoxy) is 1. The van der Waals surface area contributed by atoms with Gasteiger partial charge in [0.2, 0.25) is 11.8 Å². The van der Waals surface area contributed by atoms with E-state index >= 15 is 0 Å². The Morgan fingerprint density at radius 2 is 1.90 bits per heavy atom. The van der Waals surface area contributed by atoms with Crippen molar-refractivity contribution in [2.24, 2.45) is 0 Å². The molecule has 3 aromatic rings. The molecule has 0 radical (unpaired) electrons. The average molecular weight is 432 g/mol. The summed E-state index contributed by atoms with van der Waals surface area (Å²) in [6.45, 7) is 1.64. The maximum atomic E-state index is 13.3. The second kappa shape index (κ2) is 9.41. The molecular formula is C21H19F3N4O3. The van der Waals surface area contributed by atoms with E-state index in [1.165, 1.54) is 36.5 Å². The van der Waals surface area contributed by atoms with Crippen LogP contribution in [-0.2, 0) is 11.0 Å². The van der Waals surface area contributed by atoms with Crippen LogP contribution in [0, 0.1) is 0 Å². The fourth-order valence-corrected chi connectivity index (χ4v) is 2.75. The number of nitrogens with one attached hydrogen (secondary N) is 2. The molecule has 10 heteroatoms. The number of anilines is 1. The summed E-state index contributed by atoms with van der Waals surface area (Å²) in [5, 5.41) is 5.13. The first-order chi connectivity index (χ1) is 14.8. The van der Waals surface area contributed by atoms with Gasteiger partial charge in [-0.1, -0.05) is 25.1 Å². The number of hydrogen-bond acceptors (Lipinski definition) is 5. The predicted octanol–water partition coefficient (Wildman–Crippen LogP) is 3.81. The highest BCUT2D eigenvalue weighted by molar-refractivity contribution is 5.96. The quantitative estimate of drug-likeness (QED) is 0.554. The zero-order chi connectivity index (χ0) is 22.4. The minimum atomic E-state index is -4.55. The molecule has 7 nitrogen and oxygen atoms in total. The number of aromatic nitrogens is 2. The van der Waals surface area contributed by atoms with E-state index in [9.17, 15) is 22.8 Å². The highest BCUT2D eigenvalue weighted by Gasteiger charge is 2.33. The van der Waals surface area contributed by atoms with Gasteiger partial charge in [0.25, 0.3) is 5.91 Å². The number of carbonyl (C=O) groups is 2. The Labute approximate surface area is 175 Å². The molecule has 0 unspecified atom stereocenters. The number of benzene rings is 1. The number of rotatable bonds is 7. The van der Waals surface area contributed by atoms with Gasteiger partial charge >= 0.3 is 6.18 Å². The van der Waals surface area contributed by atoms with Gasteiger partial charge in [-0.2, -0.15) is 13.2 Å². The van der Waals surface area contributed by atoms with Gasteiger partial charge in [0.05, 0.1) is 17.6 Å². The minimum Gasteiger partial charge on any atom is -0.476 e. The maximum absolute atomic E-state index is 13.3. The van der Waals surface area contributed by atoms with E-state index in [1.807, 2.05) is 0 Å². The van der Waals surface area contributed by atoms with E-state index < -0.39 is 17.6 Å². The van der Waals surface area contributed by atoms with Gasteiger partial charge in [-0.05, 0) is 18.2 Å². The highest BCUT2D eigenvalue weighted by Crippen LogP contribution is 2.36. The predicted molar refractivity (Wildman–Crippen MR) is 108 cm³/mol. The van der Waals surface area contributed by atoms with Crippen molar-refractivity contribution in [3.63, 3.8) is 0 Å². The summed E-state index contributed by atoms with van der Waals surface area (Å²) in [6, 6.07) is 9.65. The Morgan fingerprint density at radius 1 is 1.13 bits per heavy atom. The molecule has 162 valence electrons. The van der Waals surface area contributed by atoms with E-state index in [0.717, 1.165) is 6.07 Å². The smallest absolute Gasteiger partial charge is 0.417 e. The molecular weight excluding hydrogens is 413 g/mol. The second-order valence-corrected chi connectivity index (χ2v) is 6.46. The highest BCUT2D eigenvalue weighted by atomic mass is 19.4. The number of amides is 2. The zero-order valence-corrected chi connectivity index (χ0v) is 16.5. The molecule has 2 heterocycles. The van der Waals surface area contributed by atoms with Crippen molar-refractivity contribution in [1.29, 1.82) is 0 Å². The van der Waals surface area contributed by atoms with Gasteiger partial charge in [-0.25, -0.2) is 9.97 Å². The SMILES string of the molecule is CCC(=O)Nc1cc(C(=O)NCCOc2cc(C(F)(F)F)c3ccccc3n2)ccn1. The van der Waals surface area contributed by atoms with Crippen molar-refractivity contribution in [2.75, 3.05) is 18.5 Å². The van der Waals surface area contributed by atoms with Crippen LogP contribution in [0.15, 0.2) is 48.7 Å². The van der Waals surface area contributed by atoms with Crippen molar-refractivity contribution in [3.8, 4) is 5.88 Å². The third-order valence-electron chi connectivity index (χ3n) is 4.25. The number of para-hydroxylation sites is 1. The third kappa shape index (κ3) is 5.68. The monoisotopic (exact) mass is 432 g/mol. The van der Waals surface area contributed by atoms with Crippen LogP contribution in [0.4, 0.5) is 19.0 Å². The molecule has 0 atom stereocenters. The molecule has 2 N–H and O–H groups in total. The van der Waals surface area contributed by atoms with Crippen molar-refractivity contribution >= 4 is 28.5 Å². The molecule has 3 rings (SSSR count). The zero-order valence-electron chi connectivity index (χ0n) is 16.5. The number of carbonyl (C=O) groups excluding carboxylic acids is 2. The van der Waals surface area contributed by atoms with Gasteiger partial charge in [-0.3, -0.25) is 9.59 Å². The Balaban J connectivity index is 1.61. The lowest BCUT2D eigenvalue weighted by Crippen LogP contribution is -2.28. The molecule has 0 saturated carbocycles. The number of nitrogens with zero attached hydrogens (tertiary/aromatic N) is 2. The molecule has 31 heavy (non-hydrogen) atoms. The van der Waals surface area contributed by atoms with E-state index in [1.54, 1.807) is 13.0 Å². The first kappa shape index (κ1) is 22.0. The van der Waals surface area contributed by atoms with Gasteiger partial charge in [-0.15, -0.1) is 0 Å². The molecule has 2 amide bonds. The van der Waals surface area contributed by atoms with E-state index in [4.69, 9.17) is 4.74 Å². The topological polar surface area (TPSA) is 93.2 Å². The van der Waals surface area contributed by atoms with Crippen LogP contribution in [0.25, 0.3) is 10.9 Å². The molecule has 0 aliphatic rings. The number of pyridine rings is 2. The summed E-state index contributed by atoms with van der Waals surface area (Å²) in [7, 11) is 0. The molecule has 0 aliphatic carbocycles. The van der Waals surface area contributed by atoms with Gasteiger partial charge < -0.3 is 15.4 Å². The van der Waals surface area contributed by atoms with Crippen LogP contribution in [0.1, 0.15) is 29.3 Å². The summed E-state index contributed by atoms with van der Waals surface area (Å²) in [4.78, 5) is 31.7. The first-order valence-corrected chi connectivity index (χ1v) is 9.42. The minimum absolute atomic E-state index is 0.0145. The number of hydrogen-bond donors (Lipinski definition) is 2. The van der Waals surface area contributed by atoms with Gasteiger partial charge in [0, 0.05) is 29.6 Å². The van der Waals surface area contributed by atoms with Gasteiger partial charge in [0.15, 0.2) is 0 Å². The fourth-order valence-electron chi connectivity index (χ4n) is 2.75. The van der Waals surface area contributed by atoms with Crippen LogP contribution in [0.3, 0.4) is 0 Å². The molecule has 0 saturated heterocycles. The van der Waals surface area contributed by atoms with E-state index in [-0.39, 0.29) is 53.6 Å². The van der Waals surface area contributed by atoms with Crippen LogP contribution < -0.4 is 15.4 Å². The third-order valence-corrected chi connectivity index (χ3v) is 4.25. The van der Waals surface area contributed by atoms with Crippen molar-refractivity contribution in [1.82, 2.24) is 15.3 Å². The van der Waals surface area contributed by atoms with E-state index in [0.29, 0.717) is 0 Å². The summed E-state index contributed by atoms with van der Waals surface area (Å²) < 4.78 is 45.4. The Bertz CT molecular complexity index is 1100. The lowest BCUT2D eigenvalue weighted by Gasteiger charge is -2.13. The summed E-state index contributed by atoms with van der Waals surface area (Å²) in [6.07, 6.45) is -2.90. The standard InChI is InChI=1S/C21H19F3N4O3/c1-2-18(29)28-17-11-13(7-8-25-17)20(30)26-9-10-31-19-12-15(21(22,23)24)14-5-3-4-6-16(14)27-19/h3-8,11-12H,2,9-10H2,1H3,(H,26,30)(H,25,28,29). The summed E-state index contributed by atoms with van der Waals surface area (Å²) in [5.74, 6) is -0.621. The largest absolute Gasteiger partial charge is 0.476 e.